The van der Waals surface area contributed by atoms with Crippen molar-refractivity contribution in [3.63, 3.8) is 0 Å². The fourth-order valence-corrected chi connectivity index (χ4v) is 3.49. The van der Waals surface area contributed by atoms with Crippen LogP contribution in [0.3, 0.4) is 0 Å². The topological polar surface area (TPSA) is 40.5 Å². The molecule has 3 nitrogen and oxygen atoms in total. The van der Waals surface area contributed by atoms with Gasteiger partial charge >= 0.3 is 0 Å². The molecule has 18 heavy (non-hydrogen) atoms. The van der Waals surface area contributed by atoms with Crippen LogP contribution in [0.5, 0.6) is 0 Å². The zero-order valence-electron chi connectivity index (χ0n) is 9.90. The van der Waals surface area contributed by atoms with Crippen LogP contribution in [0.2, 0.25) is 0 Å². The second-order valence-electron chi connectivity index (χ2n) is 4.54. The third kappa shape index (κ3) is 3.13. The van der Waals surface area contributed by atoms with Gasteiger partial charge in [0.2, 0.25) is 0 Å². The molecule has 0 saturated carbocycles. The molecule has 1 aromatic rings. The maximum absolute atomic E-state index is 12.3. The molecule has 1 saturated heterocycles. The summed E-state index contributed by atoms with van der Waals surface area (Å²) in [7, 11) is 0. The van der Waals surface area contributed by atoms with Gasteiger partial charge in [0, 0.05) is 28.6 Å². The molecule has 1 heterocycles. The lowest BCUT2D eigenvalue weighted by Crippen LogP contribution is -2.29. The van der Waals surface area contributed by atoms with Gasteiger partial charge in [-0.2, -0.15) is 0 Å². The summed E-state index contributed by atoms with van der Waals surface area (Å²) in [5.41, 5.74) is 0.697. The van der Waals surface area contributed by atoms with E-state index in [-0.39, 0.29) is 12.5 Å². The van der Waals surface area contributed by atoms with Gasteiger partial charge in [0.1, 0.15) is 0 Å². The highest BCUT2D eigenvalue weighted by atomic mass is 79.9. The quantitative estimate of drug-likeness (QED) is 0.880. The van der Waals surface area contributed by atoms with Crippen LogP contribution in [0.25, 0.3) is 0 Å². The summed E-state index contributed by atoms with van der Waals surface area (Å²) in [5.74, 6) is 0.503. The van der Waals surface area contributed by atoms with Crippen molar-refractivity contribution in [1.29, 1.82) is 0 Å². The first-order chi connectivity index (χ1) is 8.61. The molecule has 2 rings (SSSR count). The molecule has 1 N–H and O–H groups in total. The molecule has 5 heteroatoms. The highest BCUT2D eigenvalue weighted by Crippen LogP contribution is 2.26. The Kier molecular flexibility index (Phi) is 4.81. The first-order valence-electron chi connectivity index (χ1n) is 5.97. The predicted octanol–water partition coefficient (Wildman–Crippen LogP) is 3.06. The number of aliphatic hydroxyl groups is 1. The Balaban J connectivity index is 2.08. The molecule has 0 bridgehead atoms. The van der Waals surface area contributed by atoms with Crippen molar-refractivity contribution in [2.45, 2.75) is 12.8 Å². The zero-order valence-corrected chi connectivity index (χ0v) is 13.1. The molecule has 0 radical (unpaired) electrons. The molecule has 0 aromatic heterocycles. The largest absolute Gasteiger partial charge is 0.396 e. The van der Waals surface area contributed by atoms with Crippen LogP contribution in [0.4, 0.5) is 0 Å². The predicted molar refractivity (Wildman–Crippen MR) is 77.6 cm³/mol. The Morgan fingerprint density at radius 3 is 2.89 bits per heavy atom. The van der Waals surface area contributed by atoms with E-state index in [9.17, 15) is 4.79 Å². The number of likely N-dealkylation sites (tertiary alicyclic amines) is 1. The summed E-state index contributed by atoms with van der Waals surface area (Å²) >= 11 is 6.80. The minimum atomic E-state index is 0.0646. The number of rotatable bonds is 3. The summed E-state index contributed by atoms with van der Waals surface area (Å²) in [4.78, 5) is 14.2. The third-order valence-corrected chi connectivity index (χ3v) is 4.42. The number of hydrogen-bond donors (Lipinski definition) is 1. The van der Waals surface area contributed by atoms with Crippen molar-refractivity contribution >= 4 is 37.8 Å². The number of benzene rings is 1. The fourth-order valence-electron chi connectivity index (χ4n) is 2.27. The van der Waals surface area contributed by atoms with Gasteiger partial charge in [-0.3, -0.25) is 4.79 Å². The maximum atomic E-state index is 12.3. The SMILES string of the molecule is O=C(c1ccc(Br)cc1Br)N1CCC(CCO)C1. The van der Waals surface area contributed by atoms with Gasteiger partial charge in [-0.15, -0.1) is 0 Å². The molecule has 1 amide bonds. The lowest BCUT2D eigenvalue weighted by atomic mass is 10.1. The average Bonchev–Trinajstić information content (AvgIpc) is 2.77. The third-order valence-electron chi connectivity index (χ3n) is 3.27. The molecule has 1 aliphatic rings. The van der Waals surface area contributed by atoms with Crippen LogP contribution in [-0.4, -0.2) is 35.6 Å². The van der Waals surface area contributed by atoms with E-state index in [2.05, 4.69) is 31.9 Å². The van der Waals surface area contributed by atoms with E-state index in [1.807, 2.05) is 23.1 Å². The summed E-state index contributed by atoms with van der Waals surface area (Å²) in [6, 6.07) is 5.59. The monoisotopic (exact) mass is 375 g/mol. The van der Waals surface area contributed by atoms with Gasteiger partial charge in [-0.1, -0.05) is 15.9 Å². The number of aliphatic hydroxyl groups excluding tert-OH is 1. The second kappa shape index (κ2) is 6.17. The van der Waals surface area contributed by atoms with Crippen LogP contribution < -0.4 is 0 Å². The normalized spacial score (nSPS) is 19.3. The van der Waals surface area contributed by atoms with Crippen LogP contribution in [0.15, 0.2) is 27.1 Å². The van der Waals surface area contributed by atoms with Gasteiger partial charge in [-0.05, 0) is 52.9 Å². The number of nitrogens with zero attached hydrogens (tertiary/aromatic N) is 1. The van der Waals surface area contributed by atoms with Crippen LogP contribution in [-0.2, 0) is 0 Å². The van der Waals surface area contributed by atoms with Crippen molar-refractivity contribution in [1.82, 2.24) is 4.90 Å². The number of hydrogen-bond acceptors (Lipinski definition) is 2. The average molecular weight is 377 g/mol. The smallest absolute Gasteiger partial charge is 0.255 e. The first kappa shape index (κ1) is 14.0. The Labute approximate surface area is 123 Å². The molecule has 98 valence electrons. The Morgan fingerprint density at radius 2 is 2.22 bits per heavy atom. The summed E-state index contributed by atoms with van der Waals surface area (Å²) in [5, 5.41) is 8.93. The van der Waals surface area contributed by atoms with Crippen LogP contribution >= 0.6 is 31.9 Å². The second-order valence-corrected chi connectivity index (χ2v) is 6.31. The van der Waals surface area contributed by atoms with E-state index in [0.717, 1.165) is 34.9 Å². The molecule has 1 fully saturated rings. The number of halogens is 2. The van der Waals surface area contributed by atoms with Crippen molar-refractivity contribution in [3.8, 4) is 0 Å². The Morgan fingerprint density at radius 1 is 1.44 bits per heavy atom. The molecular formula is C13H15Br2NO2. The molecule has 1 aliphatic heterocycles. The van der Waals surface area contributed by atoms with Crippen LogP contribution in [0, 0.1) is 5.92 Å². The van der Waals surface area contributed by atoms with E-state index in [1.54, 1.807) is 0 Å². The number of carbonyl (C=O) groups excluding carboxylic acids is 1. The van der Waals surface area contributed by atoms with Crippen molar-refractivity contribution in [2.24, 2.45) is 5.92 Å². The lowest BCUT2D eigenvalue weighted by Gasteiger charge is -2.17. The molecule has 0 spiro atoms. The molecule has 1 atom stereocenters. The molecular weight excluding hydrogens is 362 g/mol. The lowest BCUT2D eigenvalue weighted by molar-refractivity contribution is 0.0784. The summed E-state index contributed by atoms with van der Waals surface area (Å²) in [6.07, 6.45) is 1.77. The summed E-state index contributed by atoms with van der Waals surface area (Å²) < 4.78 is 1.76. The van der Waals surface area contributed by atoms with Gasteiger partial charge in [0.25, 0.3) is 5.91 Å². The molecule has 1 aromatic carbocycles. The van der Waals surface area contributed by atoms with Crippen molar-refractivity contribution < 1.29 is 9.90 Å². The van der Waals surface area contributed by atoms with Gasteiger partial charge in [-0.25, -0.2) is 0 Å². The maximum Gasteiger partial charge on any atom is 0.255 e. The Bertz CT molecular complexity index is 451. The number of amides is 1. The van der Waals surface area contributed by atoms with Gasteiger partial charge in [0.15, 0.2) is 0 Å². The van der Waals surface area contributed by atoms with E-state index >= 15 is 0 Å². The molecule has 0 aliphatic carbocycles. The van der Waals surface area contributed by atoms with E-state index in [4.69, 9.17) is 5.11 Å². The van der Waals surface area contributed by atoms with Crippen LogP contribution in [0.1, 0.15) is 23.2 Å². The standard InChI is InChI=1S/C13H15Br2NO2/c14-10-1-2-11(12(15)7-10)13(18)16-5-3-9(8-16)4-6-17/h1-2,7,9,17H,3-6,8H2. The minimum absolute atomic E-state index is 0.0646. The first-order valence-corrected chi connectivity index (χ1v) is 7.55. The van der Waals surface area contributed by atoms with Crippen molar-refractivity contribution in [2.75, 3.05) is 19.7 Å². The highest BCUT2D eigenvalue weighted by molar-refractivity contribution is 9.11. The minimum Gasteiger partial charge on any atom is -0.396 e. The van der Waals surface area contributed by atoms with E-state index in [1.165, 1.54) is 0 Å². The fraction of sp³-hybridized carbons (Fsp3) is 0.462. The molecule has 1 unspecified atom stereocenters. The van der Waals surface area contributed by atoms with Gasteiger partial charge in [0.05, 0.1) is 5.56 Å². The summed E-state index contributed by atoms with van der Waals surface area (Å²) in [6.45, 7) is 1.74. The van der Waals surface area contributed by atoms with Gasteiger partial charge < -0.3 is 10.0 Å². The zero-order chi connectivity index (χ0) is 13.1. The van der Waals surface area contributed by atoms with Crippen molar-refractivity contribution in [3.05, 3.63) is 32.7 Å². The number of carbonyl (C=O) groups is 1. The van der Waals surface area contributed by atoms with E-state index < -0.39 is 0 Å². The Hall–Kier alpha value is -0.390. The highest BCUT2D eigenvalue weighted by Gasteiger charge is 2.27. The van der Waals surface area contributed by atoms with E-state index in [0.29, 0.717) is 11.5 Å².